The van der Waals surface area contributed by atoms with Crippen molar-refractivity contribution in [2.75, 3.05) is 7.11 Å². The zero-order valence-corrected chi connectivity index (χ0v) is 11.5. The van der Waals surface area contributed by atoms with Crippen molar-refractivity contribution in [3.63, 3.8) is 0 Å². The van der Waals surface area contributed by atoms with E-state index in [9.17, 15) is 0 Å². The summed E-state index contributed by atoms with van der Waals surface area (Å²) in [6.07, 6.45) is 0. The van der Waals surface area contributed by atoms with Gasteiger partial charge in [0.15, 0.2) is 11.5 Å². The van der Waals surface area contributed by atoms with E-state index in [1.807, 2.05) is 13.0 Å². The van der Waals surface area contributed by atoms with E-state index in [0.29, 0.717) is 28.8 Å². The standard InChI is InChI=1S/C13H15ClN2O3/c1-8-3-11(16-19-8)7-18-13-9(6-15)4-10(14)5-12(13)17-2/h3-5H,6-7,15H2,1-2H3. The topological polar surface area (TPSA) is 70.5 Å². The van der Waals surface area contributed by atoms with Gasteiger partial charge in [-0.05, 0) is 13.0 Å². The van der Waals surface area contributed by atoms with Gasteiger partial charge in [0.25, 0.3) is 0 Å². The maximum absolute atomic E-state index is 5.98. The van der Waals surface area contributed by atoms with E-state index in [0.717, 1.165) is 11.3 Å². The minimum Gasteiger partial charge on any atom is -0.493 e. The number of aryl methyl sites for hydroxylation is 1. The largest absolute Gasteiger partial charge is 0.493 e. The number of methoxy groups -OCH3 is 1. The first-order valence-corrected chi connectivity index (χ1v) is 6.13. The molecule has 0 aliphatic carbocycles. The Bertz CT molecular complexity index is 544. The van der Waals surface area contributed by atoms with E-state index in [1.54, 1.807) is 19.2 Å². The normalized spacial score (nSPS) is 10.5. The van der Waals surface area contributed by atoms with Crippen LogP contribution in [0.25, 0.3) is 0 Å². The van der Waals surface area contributed by atoms with Crippen molar-refractivity contribution in [2.45, 2.75) is 20.1 Å². The van der Waals surface area contributed by atoms with Gasteiger partial charge in [-0.25, -0.2) is 0 Å². The van der Waals surface area contributed by atoms with Crippen LogP contribution >= 0.6 is 11.6 Å². The van der Waals surface area contributed by atoms with Gasteiger partial charge in [-0.1, -0.05) is 16.8 Å². The molecule has 1 aromatic carbocycles. The van der Waals surface area contributed by atoms with Gasteiger partial charge in [0, 0.05) is 29.3 Å². The van der Waals surface area contributed by atoms with Gasteiger partial charge in [-0.2, -0.15) is 0 Å². The Morgan fingerprint density at radius 3 is 2.74 bits per heavy atom. The molecule has 0 aliphatic rings. The molecule has 2 aromatic rings. The van der Waals surface area contributed by atoms with Gasteiger partial charge >= 0.3 is 0 Å². The number of benzene rings is 1. The third kappa shape index (κ3) is 3.19. The van der Waals surface area contributed by atoms with E-state index < -0.39 is 0 Å². The van der Waals surface area contributed by atoms with Crippen LogP contribution in [0.5, 0.6) is 11.5 Å². The summed E-state index contributed by atoms with van der Waals surface area (Å²) in [5, 5.41) is 4.42. The van der Waals surface area contributed by atoms with Crippen LogP contribution in [0.4, 0.5) is 0 Å². The average Bonchev–Trinajstić information content (AvgIpc) is 2.81. The van der Waals surface area contributed by atoms with Crippen LogP contribution in [0.1, 0.15) is 17.0 Å². The number of aromatic nitrogens is 1. The summed E-state index contributed by atoms with van der Waals surface area (Å²) in [6.45, 7) is 2.41. The van der Waals surface area contributed by atoms with Crippen molar-refractivity contribution < 1.29 is 14.0 Å². The number of halogens is 1. The molecular weight excluding hydrogens is 268 g/mol. The van der Waals surface area contributed by atoms with Gasteiger partial charge in [-0.3, -0.25) is 0 Å². The highest BCUT2D eigenvalue weighted by Gasteiger charge is 2.13. The third-order valence-electron chi connectivity index (χ3n) is 2.58. The lowest BCUT2D eigenvalue weighted by atomic mass is 10.2. The van der Waals surface area contributed by atoms with E-state index in [-0.39, 0.29) is 6.61 Å². The monoisotopic (exact) mass is 282 g/mol. The molecule has 2 rings (SSSR count). The van der Waals surface area contributed by atoms with Crippen molar-refractivity contribution >= 4 is 11.6 Å². The first-order chi connectivity index (χ1) is 9.13. The highest BCUT2D eigenvalue weighted by atomic mass is 35.5. The molecule has 5 nitrogen and oxygen atoms in total. The Kier molecular flexibility index (Phi) is 4.29. The lowest BCUT2D eigenvalue weighted by Crippen LogP contribution is -2.05. The molecule has 0 radical (unpaired) electrons. The van der Waals surface area contributed by atoms with Gasteiger partial charge < -0.3 is 19.7 Å². The smallest absolute Gasteiger partial charge is 0.166 e. The minimum absolute atomic E-state index is 0.280. The van der Waals surface area contributed by atoms with Crippen molar-refractivity contribution in [1.82, 2.24) is 5.16 Å². The highest BCUT2D eigenvalue weighted by molar-refractivity contribution is 6.30. The molecule has 0 spiro atoms. The molecule has 0 saturated heterocycles. The van der Waals surface area contributed by atoms with E-state index >= 15 is 0 Å². The maximum Gasteiger partial charge on any atom is 0.166 e. The predicted octanol–water partition coefficient (Wildman–Crippen LogP) is 2.68. The average molecular weight is 283 g/mol. The second-order valence-electron chi connectivity index (χ2n) is 4.02. The molecule has 102 valence electrons. The summed E-state index contributed by atoms with van der Waals surface area (Å²) >= 11 is 5.98. The van der Waals surface area contributed by atoms with Crippen LogP contribution in [0.3, 0.4) is 0 Å². The quantitative estimate of drug-likeness (QED) is 0.913. The summed E-state index contributed by atoms with van der Waals surface area (Å²) in [6, 6.07) is 5.25. The van der Waals surface area contributed by atoms with Crippen molar-refractivity contribution in [3.05, 3.63) is 40.2 Å². The number of nitrogens with two attached hydrogens (primary N) is 1. The molecular formula is C13H15ClN2O3. The first kappa shape index (κ1) is 13.7. The van der Waals surface area contributed by atoms with Crippen LogP contribution in [0.15, 0.2) is 22.7 Å². The molecule has 0 fully saturated rings. The summed E-state index contributed by atoms with van der Waals surface area (Å²) < 4.78 is 15.9. The first-order valence-electron chi connectivity index (χ1n) is 5.75. The minimum atomic E-state index is 0.280. The molecule has 0 aliphatic heterocycles. The number of rotatable bonds is 5. The molecule has 0 atom stereocenters. The zero-order chi connectivity index (χ0) is 13.8. The van der Waals surface area contributed by atoms with Crippen LogP contribution in [0.2, 0.25) is 5.02 Å². The Balaban J connectivity index is 2.23. The molecule has 1 aromatic heterocycles. The molecule has 0 saturated carbocycles. The van der Waals surface area contributed by atoms with Crippen LogP contribution in [-0.4, -0.2) is 12.3 Å². The second kappa shape index (κ2) is 5.95. The predicted molar refractivity (Wildman–Crippen MR) is 71.5 cm³/mol. The molecule has 1 heterocycles. The van der Waals surface area contributed by atoms with Gasteiger partial charge in [-0.15, -0.1) is 0 Å². The molecule has 0 amide bonds. The van der Waals surface area contributed by atoms with Crippen molar-refractivity contribution in [2.24, 2.45) is 5.73 Å². The fraction of sp³-hybridized carbons (Fsp3) is 0.308. The second-order valence-corrected chi connectivity index (χ2v) is 4.45. The molecule has 2 N–H and O–H groups in total. The Hall–Kier alpha value is -1.72. The summed E-state index contributed by atoms with van der Waals surface area (Å²) in [5.41, 5.74) is 7.18. The molecule has 0 unspecified atom stereocenters. The molecule has 19 heavy (non-hydrogen) atoms. The Morgan fingerprint density at radius 2 is 2.16 bits per heavy atom. The SMILES string of the molecule is COc1cc(Cl)cc(CN)c1OCc1cc(C)on1. The van der Waals surface area contributed by atoms with Crippen LogP contribution in [0, 0.1) is 6.92 Å². The Morgan fingerprint density at radius 1 is 1.37 bits per heavy atom. The van der Waals surface area contributed by atoms with E-state index in [2.05, 4.69) is 5.16 Å². The molecule has 6 heteroatoms. The molecule has 0 bridgehead atoms. The van der Waals surface area contributed by atoms with Gasteiger partial charge in [0.05, 0.1) is 7.11 Å². The van der Waals surface area contributed by atoms with Crippen LogP contribution in [-0.2, 0) is 13.2 Å². The van der Waals surface area contributed by atoms with Crippen molar-refractivity contribution in [1.29, 1.82) is 0 Å². The van der Waals surface area contributed by atoms with E-state index in [4.69, 9.17) is 31.3 Å². The van der Waals surface area contributed by atoms with E-state index in [1.165, 1.54) is 0 Å². The lowest BCUT2D eigenvalue weighted by molar-refractivity contribution is 0.268. The highest BCUT2D eigenvalue weighted by Crippen LogP contribution is 2.35. The number of hydrogen-bond acceptors (Lipinski definition) is 5. The zero-order valence-electron chi connectivity index (χ0n) is 10.8. The summed E-state index contributed by atoms with van der Waals surface area (Å²) in [5.74, 6) is 1.86. The maximum atomic E-state index is 5.98. The Labute approximate surface area is 116 Å². The number of hydrogen-bond donors (Lipinski definition) is 1. The van der Waals surface area contributed by atoms with Gasteiger partial charge in [0.2, 0.25) is 0 Å². The van der Waals surface area contributed by atoms with Crippen LogP contribution < -0.4 is 15.2 Å². The fourth-order valence-electron chi connectivity index (χ4n) is 1.72. The number of nitrogens with zero attached hydrogens (tertiary/aromatic N) is 1. The summed E-state index contributed by atoms with van der Waals surface area (Å²) in [4.78, 5) is 0. The summed E-state index contributed by atoms with van der Waals surface area (Å²) in [7, 11) is 1.55. The lowest BCUT2D eigenvalue weighted by Gasteiger charge is -2.14. The fourth-order valence-corrected chi connectivity index (χ4v) is 1.95. The third-order valence-corrected chi connectivity index (χ3v) is 2.80. The number of ether oxygens (including phenoxy) is 2. The van der Waals surface area contributed by atoms with Gasteiger partial charge in [0.1, 0.15) is 18.1 Å². The van der Waals surface area contributed by atoms with Crippen molar-refractivity contribution in [3.8, 4) is 11.5 Å².